The van der Waals surface area contributed by atoms with Gasteiger partial charge >= 0.3 is 0 Å². The molecule has 24 heavy (non-hydrogen) atoms. The average molecular weight is 338 g/mol. The van der Waals surface area contributed by atoms with Crippen molar-refractivity contribution >= 4 is 55.3 Å². The molecule has 0 fully saturated rings. The summed E-state index contributed by atoms with van der Waals surface area (Å²) in [4.78, 5) is 28.1. The molecule has 4 rings (SSSR count). The van der Waals surface area contributed by atoms with E-state index in [9.17, 15) is 4.79 Å². The van der Waals surface area contributed by atoms with Crippen molar-refractivity contribution in [3.8, 4) is 0 Å². The van der Waals surface area contributed by atoms with Gasteiger partial charge in [-0.25, -0.2) is 9.97 Å². The molecule has 4 aromatic rings. The highest BCUT2D eigenvalue weighted by Crippen LogP contribution is 2.26. The third-order valence-corrected chi connectivity index (χ3v) is 4.46. The van der Waals surface area contributed by atoms with Crippen molar-refractivity contribution in [2.45, 2.75) is 13.8 Å². The number of thiazole rings is 1. The number of aromatic amines is 1. The lowest BCUT2D eigenvalue weighted by atomic mass is 10.2. The maximum absolute atomic E-state index is 11.1. The van der Waals surface area contributed by atoms with E-state index >= 15 is 0 Å². The highest BCUT2D eigenvalue weighted by molar-refractivity contribution is 7.21. The van der Waals surface area contributed by atoms with Gasteiger partial charge in [-0.3, -0.25) is 4.79 Å². The summed E-state index contributed by atoms with van der Waals surface area (Å²) < 4.78 is 0. The molecule has 0 saturated carbocycles. The Morgan fingerprint density at radius 1 is 1.29 bits per heavy atom. The van der Waals surface area contributed by atoms with Crippen LogP contribution in [0.25, 0.3) is 21.3 Å². The number of nitrogens with one attached hydrogen (secondary N) is 3. The first-order valence-electron chi connectivity index (χ1n) is 7.34. The number of fused-ring (bicyclic) bond motifs is 2. The summed E-state index contributed by atoms with van der Waals surface area (Å²) >= 11 is 1.32. The molecular formula is C16H14N6OS. The molecule has 0 spiro atoms. The van der Waals surface area contributed by atoms with Crippen molar-refractivity contribution in [2.24, 2.45) is 0 Å². The Bertz CT molecular complexity index is 1070. The van der Waals surface area contributed by atoms with Crippen LogP contribution in [0.1, 0.15) is 12.5 Å². The monoisotopic (exact) mass is 338 g/mol. The Kier molecular flexibility index (Phi) is 3.39. The molecule has 1 aromatic carbocycles. The Labute approximate surface area is 141 Å². The van der Waals surface area contributed by atoms with Gasteiger partial charge in [0.15, 0.2) is 9.96 Å². The Morgan fingerprint density at radius 2 is 2.17 bits per heavy atom. The molecule has 8 heteroatoms. The molecule has 0 atom stereocenters. The number of hydrogen-bond acceptors (Lipinski definition) is 6. The number of hydrogen-bond donors (Lipinski definition) is 3. The maximum Gasteiger partial charge on any atom is 0.228 e. The normalized spacial score (nSPS) is 11.1. The van der Waals surface area contributed by atoms with Gasteiger partial charge in [0.2, 0.25) is 11.9 Å². The second-order valence-electron chi connectivity index (χ2n) is 5.44. The number of H-pyrrole nitrogens is 1. The molecule has 0 unspecified atom stereocenters. The van der Waals surface area contributed by atoms with Gasteiger partial charge in [0.1, 0.15) is 5.52 Å². The quantitative estimate of drug-likeness (QED) is 0.531. The van der Waals surface area contributed by atoms with E-state index in [-0.39, 0.29) is 5.91 Å². The van der Waals surface area contributed by atoms with Gasteiger partial charge in [0.25, 0.3) is 0 Å². The third kappa shape index (κ3) is 2.67. The summed E-state index contributed by atoms with van der Waals surface area (Å²) in [6.07, 6.45) is 3.63. The second kappa shape index (κ2) is 5.57. The minimum atomic E-state index is -0.157. The SMILES string of the molecule is CC(=O)Nc1nc2cnc(Nc3ccc4[nH]cc(C)c4c3)nc2s1. The highest BCUT2D eigenvalue weighted by atomic mass is 32.1. The fourth-order valence-corrected chi connectivity index (χ4v) is 3.32. The number of aryl methyl sites for hydroxylation is 1. The lowest BCUT2D eigenvalue weighted by Crippen LogP contribution is -2.04. The fraction of sp³-hybridized carbons (Fsp3) is 0.125. The van der Waals surface area contributed by atoms with E-state index in [4.69, 9.17) is 0 Å². The number of rotatable bonds is 3. The predicted octanol–water partition coefficient (Wildman–Crippen LogP) is 3.58. The molecule has 0 aliphatic carbocycles. The summed E-state index contributed by atoms with van der Waals surface area (Å²) in [6, 6.07) is 6.05. The summed E-state index contributed by atoms with van der Waals surface area (Å²) in [5.41, 5.74) is 3.85. The van der Waals surface area contributed by atoms with Gasteiger partial charge < -0.3 is 15.6 Å². The van der Waals surface area contributed by atoms with Crippen molar-refractivity contribution in [1.82, 2.24) is 19.9 Å². The number of anilines is 3. The molecule has 0 saturated heterocycles. The number of aromatic nitrogens is 4. The Hall–Kier alpha value is -3.00. The van der Waals surface area contributed by atoms with Crippen LogP contribution in [0.3, 0.4) is 0 Å². The first-order valence-corrected chi connectivity index (χ1v) is 8.16. The maximum atomic E-state index is 11.1. The smallest absolute Gasteiger partial charge is 0.228 e. The number of amides is 1. The molecule has 3 aromatic heterocycles. The number of carbonyl (C=O) groups is 1. The molecule has 120 valence electrons. The molecule has 7 nitrogen and oxygen atoms in total. The van der Waals surface area contributed by atoms with Crippen LogP contribution in [0.5, 0.6) is 0 Å². The molecular weight excluding hydrogens is 324 g/mol. The van der Waals surface area contributed by atoms with Crippen LogP contribution in [0.15, 0.2) is 30.6 Å². The minimum absolute atomic E-state index is 0.157. The van der Waals surface area contributed by atoms with E-state index in [1.807, 2.05) is 18.3 Å². The zero-order valence-corrected chi connectivity index (χ0v) is 13.9. The first kappa shape index (κ1) is 14.6. The van der Waals surface area contributed by atoms with Gasteiger partial charge in [-0.15, -0.1) is 0 Å². The van der Waals surface area contributed by atoms with Crippen LogP contribution < -0.4 is 10.6 Å². The molecule has 1 amide bonds. The van der Waals surface area contributed by atoms with Gasteiger partial charge in [-0.05, 0) is 30.7 Å². The molecule has 3 N–H and O–H groups in total. The van der Waals surface area contributed by atoms with Crippen LogP contribution in [0.2, 0.25) is 0 Å². The van der Waals surface area contributed by atoms with Gasteiger partial charge in [-0.1, -0.05) is 11.3 Å². The summed E-state index contributed by atoms with van der Waals surface area (Å²) in [7, 11) is 0. The fourth-order valence-electron chi connectivity index (χ4n) is 2.47. The molecule has 0 aliphatic heterocycles. The van der Waals surface area contributed by atoms with Crippen molar-refractivity contribution in [2.75, 3.05) is 10.6 Å². The van der Waals surface area contributed by atoms with Crippen molar-refractivity contribution in [3.05, 3.63) is 36.2 Å². The second-order valence-corrected chi connectivity index (χ2v) is 6.42. The van der Waals surface area contributed by atoms with Crippen LogP contribution in [0.4, 0.5) is 16.8 Å². The van der Waals surface area contributed by atoms with Crippen molar-refractivity contribution in [3.63, 3.8) is 0 Å². The largest absolute Gasteiger partial charge is 0.361 e. The Balaban J connectivity index is 1.65. The molecule has 3 heterocycles. The van der Waals surface area contributed by atoms with Crippen LogP contribution >= 0.6 is 11.3 Å². The number of carbonyl (C=O) groups excluding carboxylic acids is 1. The Morgan fingerprint density at radius 3 is 3.00 bits per heavy atom. The van der Waals surface area contributed by atoms with E-state index in [0.29, 0.717) is 16.6 Å². The molecule has 0 aliphatic rings. The van der Waals surface area contributed by atoms with E-state index < -0.39 is 0 Å². The minimum Gasteiger partial charge on any atom is -0.361 e. The first-order chi connectivity index (χ1) is 11.6. The van der Waals surface area contributed by atoms with Gasteiger partial charge in [0.05, 0.1) is 6.20 Å². The van der Waals surface area contributed by atoms with Gasteiger partial charge in [0, 0.05) is 29.7 Å². The third-order valence-electron chi connectivity index (χ3n) is 3.58. The van der Waals surface area contributed by atoms with E-state index in [1.165, 1.54) is 23.8 Å². The summed E-state index contributed by atoms with van der Waals surface area (Å²) in [5, 5.41) is 7.55. The molecule has 0 bridgehead atoms. The summed E-state index contributed by atoms with van der Waals surface area (Å²) in [5.74, 6) is 0.337. The highest BCUT2D eigenvalue weighted by Gasteiger charge is 2.09. The van der Waals surface area contributed by atoms with E-state index in [1.54, 1.807) is 6.20 Å². The topological polar surface area (TPSA) is 95.6 Å². The lowest BCUT2D eigenvalue weighted by molar-refractivity contribution is -0.114. The molecule has 0 radical (unpaired) electrons. The lowest BCUT2D eigenvalue weighted by Gasteiger charge is -2.04. The van der Waals surface area contributed by atoms with Crippen LogP contribution in [-0.2, 0) is 4.79 Å². The zero-order valence-electron chi connectivity index (χ0n) is 13.0. The number of benzene rings is 1. The van der Waals surface area contributed by atoms with Crippen LogP contribution in [-0.4, -0.2) is 25.8 Å². The predicted molar refractivity (Wildman–Crippen MR) is 95.8 cm³/mol. The van der Waals surface area contributed by atoms with E-state index in [2.05, 4.69) is 43.6 Å². The zero-order chi connectivity index (χ0) is 16.7. The average Bonchev–Trinajstić information content (AvgIpc) is 3.10. The van der Waals surface area contributed by atoms with Crippen molar-refractivity contribution < 1.29 is 4.79 Å². The standard InChI is InChI=1S/C16H14N6OS/c1-8-6-17-12-4-3-10(5-11(8)12)20-15-18-7-13-14(22-15)24-16(21-13)19-9(2)23/h3-7,17H,1-2H3,(H,18,20,22)(H,19,21,23). The van der Waals surface area contributed by atoms with Gasteiger partial charge in [-0.2, -0.15) is 4.98 Å². The van der Waals surface area contributed by atoms with Crippen LogP contribution in [0, 0.1) is 6.92 Å². The number of nitrogens with zero attached hydrogens (tertiary/aromatic N) is 3. The van der Waals surface area contributed by atoms with E-state index in [0.717, 1.165) is 21.4 Å². The van der Waals surface area contributed by atoms with Crippen molar-refractivity contribution in [1.29, 1.82) is 0 Å². The summed E-state index contributed by atoms with van der Waals surface area (Å²) in [6.45, 7) is 3.51.